The predicted molar refractivity (Wildman–Crippen MR) is 73.1 cm³/mol. The molecule has 0 saturated heterocycles. The van der Waals surface area contributed by atoms with Crippen LogP contribution in [0.2, 0.25) is 0 Å². The Balaban J connectivity index is 2.61. The van der Waals surface area contributed by atoms with E-state index >= 15 is 0 Å². The van der Waals surface area contributed by atoms with Gasteiger partial charge >= 0.3 is 0 Å². The van der Waals surface area contributed by atoms with Gasteiger partial charge in [-0.3, -0.25) is 9.52 Å². The van der Waals surface area contributed by atoms with E-state index in [1.165, 1.54) is 13.3 Å². The summed E-state index contributed by atoms with van der Waals surface area (Å²) in [7, 11) is 3.02. The number of hydrogen-bond acceptors (Lipinski definition) is 6. The Morgan fingerprint density at radius 2 is 2.35 bits per heavy atom. The fourth-order valence-corrected chi connectivity index (χ4v) is 2.07. The van der Waals surface area contributed by atoms with Crippen molar-refractivity contribution in [3.05, 3.63) is 17.1 Å². The van der Waals surface area contributed by atoms with Crippen molar-refractivity contribution < 1.29 is 9.23 Å². The number of aromatic nitrogens is 2. The molecule has 0 fully saturated rings. The SMILES string of the molecule is CC[C@H](F)[C@@H](CCCc1c(N([O-])OC)cnn1C)N=N. The number of alkyl halides is 1. The van der Waals surface area contributed by atoms with Crippen molar-refractivity contribution in [2.75, 3.05) is 12.3 Å². The molecular formula is C12H21FN5O2-. The Labute approximate surface area is 117 Å². The van der Waals surface area contributed by atoms with Crippen LogP contribution in [0, 0.1) is 10.7 Å². The van der Waals surface area contributed by atoms with Crippen LogP contribution >= 0.6 is 0 Å². The molecule has 0 bridgehead atoms. The highest BCUT2D eigenvalue weighted by Gasteiger charge is 2.19. The first-order valence-electron chi connectivity index (χ1n) is 6.58. The molecule has 20 heavy (non-hydrogen) atoms. The van der Waals surface area contributed by atoms with Crippen LogP contribution in [0.4, 0.5) is 10.1 Å². The molecular weight excluding hydrogens is 265 g/mol. The minimum Gasteiger partial charge on any atom is -0.733 e. The maximum Gasteiger partial charge on any atom is 0.124 e. The van der Waals surface area contributed by atoms with E-state index < -0.39 is 12.2 Å². The Hall–Kier alpha value is -1.54. The molecule has 2 atom stereocenters. The molecule has 0 saturated carbocycles. The van der Waals surface area contributed by atoms with E-state index in [9.17, 15) is 9.60 Å². The first kappa shape index (κ1) is 16.5. The van der Waals surface area contributed by atoms with Gasteiger partial charge < -0.3 is 10.4 Å². The van der Waals surface area contributed by atoms with E-state index in [1.54, 1.807) is 18.7 Å². The Kier molecular flexibility index (Phi) is 6.53. The molecule has 0 aliphatic heterocycles. The molecule has 8 heteroatoms. The first-order valence-corrected chi connectivity index (χ1v) is 6.58. The molecule has 0 spiro atoms. The van der Waals surface area contributed by atoms with E-state index in [1.807, 2.05) is 0 Å². The van der Waals surface area contributed by atoms with Crippen molar-refractivity contribution in [1.29, 1.82) is 5.53 Å². The molecule has 1 aromatic heterocycles. The number of anilines is 1. The fraction of sp³-hybridized carbons (Fsp3) is 0.750. The summed E-state index contributed by atoms with van der Waals surface area (Å²) in [5, 5.41) is 19.2. The van der Waals surface area contributed by atoms with Gasteiger partial charge in [-0.05, 0) is 25.7 Å². The van der Waals surface area contributed by atoms with Crippen molar-refractivity contribution in [3.63, 3.8) is 0 Å². The third-order valence-corrected chi connectivity index (χ3v) is 3.29. The number of nitrogens with one attached hydrogen (secondary N) is 1. The summed E-state index contributed by atoms with van der Waals surface area (Å²) in [5.41, 5.74) is 8.09. The molecule has 1 rings (SSSR count). The van der Waals surface area contributed by atoms with E-state index in [-0.39, 0.29) is 0 Å². The third kappa shape index (κ3) is 3.97. The molecule has 1 N–H and O–H groups in total. The quantitative estimate of drug-likeness (QED) is 0.558. The average molecular weight is 286 g/mol. The van der Waals surface area contributed by atoms with Crippen molar-refractivity contribution >= 4 is 5.69 Å². The zero-order chi connectivity index (χ0) is 15.1. The van der Waals surface area contributed by atoms with Crippen LogP contribution in [-0.2, 0) is 18.3 Å². The summed E-state index contributed by atoms with van der Waals surface area (Å²) in [6.45, 7) is 1.73. The van der Waals surface area contributed by atoms with E-state index in [0.29, 0.717) is 36.6 Å². The lowest BCUT2D eigenvalue weighted by Gasteiger charge is -2.26. The molecule has 0 aliphatic rings. The molecule has 0 aliphatic carbocycles. The summed E-state index contributed by atoms with van der Waals surface area (Å²) in [6, 6.07) is -0.609. The zero-order valence-electron chi connectivity index (χ0n) is 12.0. The topological polar surface area (TPSA) is 89.6 Å². The second kappa shape index (κ2) is 7.91. The molecule has 1 aromatic rings. The smallest absolute Gasteiger partial charge is 0.124 e. The van der Waals surface area contributed by atoms with Crippen molar-refractivity contribution in [2.24, 2.45) is 12.2 Å². The minimum atomic E-state index is -1.09. The van der Waals surface area contributed by atoms with Gasteiger partial charge in [0.05, 0.1) is 24.7 Å². The summed E-state index contributed by atoms with van der Waals surface area (Å²) in [4.78, 5) is 4.61. The van der Waals surface area contributed by atoms with E-state index in [0.717, 1.165) is 5.69 Å². The number of halogens is 1. The average Bonchev–Trinajstić information content (AvgIpc) is 2.83. The van der Waals surface area contributed by atoms with Crippen LogP contribution in [-0.4, -0.2) is 29.1 Å². The second-order valence-corrected chi connectivity index (χ2v) is 4.55. The lowest BCUT2D eigenvalue weighted by atomic mass is 10.0. The molecule has 114 valence electrons. The minimum absolute atomic E-state index is 0.349. The van der Waals surface area contributed by atoms with Crippen LogP contribution in [0.3, 0.4) is 0 Å². The van der Waals surface area contributed by atoms with Gasteiger partial charge in [0.25, 0.3) is 0 Å². The standard InChI is InChI=1S/C12H21FN5O2/c1-4-9(13)10(16-14)6-5-7-11-12(18(19)20-3)8-15-17(11)2/h8-10,14H,4-7H2,1-3H3/q-1/t9-,10+/m0/s1. The van der Waals surface area contributed by atoms with Gasteiger partial charge in [0, 0.05) is 7.05 Å². The van der Waals surface area contributed by atoms with E-state index in [2.05, 4.69) is 15.1 Å². The summed E-state index contributed by atoms with van der Waals surface area (Å²) in [5.74, 6) is 0. The summed E-state index contributed by atoms with van der Waals surface area (Å²) >= 11 is 0. The van der Waals surface area contributed by atoms with Crippen molar-refractivity contribution in [3.8, 4) is 0 Å². The number of nitrogens with zero attached hydrogens (tertiary/aromatic N) is 4. The van der Waals surface area contributed by atoms with Gasteiger partial charge in [-0.25, -0.2) is 9.92 Å². The van der Waals surface area contributed by atoms with Crippen LogP contribution in [0.5, 0.6) is 0 Å². The van der Waals surface area contributed by atoms with Crippen LogP contribution in [0.1, 0.15) is 31.9 Å². The maximum absolute atomic E-state index is 13.5. The second-order valence-electron chi connectivity index (χ2n) is 4.55. The highest BCUT2D eigenvalue weighted by molar-refractivity contribution is 5.47. The number of hydrogen-bond donors (Lipinski definition) is 1. The van der Waals surface area contributed by atoms with Gasteiger partial charge in [-0.15, -0.1) is 0 Å². The molecule has 7 nitrogen and oxygen atoms in total. The van der Waals surface area contributed by atoms with Crippen LogP contribution < -0.4 is 5.23 Å². The van der Waals surface area contributed by atoms with Crippen LogP contribution in [0.25, 0.3) is 0 Å². The zero-order valence-corrected chi connectivity index (χ0v) is 12.0. The van der Waals surface area contributed by atoms with Crippen molar-refractivity contribution in [1.82, 2.24) is 9.78 Å². The number of aryl methyl sites for hydroxylation is 1. The first-order chi connectivity index (χ1) is 9.54. The highest BCUT2D eigenvalue weighted by atomic mass is 19.1. The van der Waals surface area contributed by atoms with Gasteiger partial charge in [-0.2, -0.15) is 10.2 Å². The highest BCUT2D eigenvalue weighted by Crippen LogP contribution is 2.22. The fourth-order valence-electron chi connectivity index (χ4n) is 2.07. The van der Waals surface area contributed by atoms with Crippen LogP contribution in [0.15, 0.2) is 11.3 Å². The molecule has 0 aromatic carbocycles. The third-order valence-electron chi connectivity index (χ3n) is 3.29. The maximum atomic E-state index is 13.5. The Morgan fingerprint density at radius 3 is 2.90 bits per heavy atom. The van der Waals surface area contributed by atoms with Gasteiger partial charge in [0.2, 0.25) is 0 Å². The monoisotopic (exact) mass is 286 g/mol. The summed E-state index contributed by atoms with van der Waals surface area (Å²) in [6.07, 6.45) is 2.33. The molecule has 0 amide bonds. The number of rotatable bonds is 9. The van der Waals surface area contributed by atoms with E-state index in [4.69, 9.17) is 5.53 Å². The molecule has 0 unspecified atom stereocenters. The lowest BCUT2D eigenvalue weighted by Crippen LogP contribution is -2.19. The lowest BCUT2D eigenvalue weighted by molar-refractivity contribution is 0.197. The predicted octanol–water partition coefficient (Wildman–Crippen LogP) is 2.76. The van der Waals surface area contributed by atoms with Gasteiger partial charge in [-0.1, -0.05) is 6.92 Å². The largest absolute Gasteiger partial charge is 0.733 e. The molecule has 0 radical (unpaired) electrons. The normalized spacial score (nSPS) is 14.1. The summed E-state index contributed by atoms with van der Waals surface area (Å²) < 4.78 is 15.1. The van der Waals surface area contributed by atoms with Crippen molar-refractivity contribution in [2.45, 2.75) is 44.8 Å². The van der Waals surface area contributed by atoms with Gasteiger partial charge in [0.15, 0.2) is 0 Å². The van der Waals surface area contributed by atoms with Gasteiger partial charge in [0.1, 0.15) is 12.2 Å². The Morgan fingerprint density at radius 1 is 1.65 bits per heavy atom. The Bertz CT molecular complexity index is 426. The molecule has 1 heterocycles.